The molecule has 2 N–H and O–H groups in total. The summed E-state index contributed by atoms with van der Waals surface area (Å²) in [6.07, 6.45) is 5.79. The number of carbonyl (C=O) groups excluding carboxylic acids is 2. The standard InChI is InChI=1S/C19H22N6O2/c1-12-15(13(2)25-19(23-12)16(10-22-25)18(20)27)6-7-17(26)24(3)11-14-5-4-8-21-9-14/h4-5,8-10H,6-7,11H2,1-3H3,(H2,20,27). The van der Waals surface area contributed by atoms with Gasteiger partial charge in [0, 0.05) is 43.8 Å². The van der Waals surface area contributed by atoms with E-state index >= 15 is 0 Å². The van der Waals surface area contributed by atoms with E-state index in [1.165, 1.54) is 6.20 Å². The normalized spacial score (nSPS) is 10.9. The molecule has 0 atom stereocenters. The van der Waals surface area contributed by atoms with E-state index in [1.807, 2.05) is 26.0 Å². The van der Waals surface area contributed by atoms with Gasteiger partial charge in [0.15, 0.2) is 5.65 Å². The third kappa shape index (κ3) is 3.79. The molecule has 8 nitrogen and oxygen atoms in total. The smallest absolute Gasteiger partial charge is 0.254 e. The largest absolute Gasteiger partial charge is 0.365 e. The molecule has 3 heterocycles. The molecule has 0 saturated heterocycles. The Balaban J connectivity index is 1.75. The van der Waals surface area contributed by atoms with Crippen LogP contribution in [0.15, 0.2) is 30.7 Å². The Morgan fingerprint density at radius 2 is 2.04 bits per heavy atom. The third-order valence-electron chi connectivity index (χ3n) is 4.63. The lowest BCUT2D eigenvalue weighted by Gasteiger charge is -2.18. The molecule has 0 spiro atoms. The van der Waals surface area contributed by atoms with Crippen LogP contribution in [-0.2, 0) is 17.8 Å². The molecule has 0 aliphatic heterocycles. The van der Waals surface area contributed by atoms with Crippen molar-refractivity contribution in [2.75, 3.05) is 7.05 Å². The zero-order chi connectivity index (χ0) is 19.6. The van der Waals surface area contributed by atoms with Gasteiger partial charge in [0.1, 0.15) is 5.56 Å². The molecular weight excluding hydrogens is 344 g/mol. The molecule has 8 heteroatoms. The minimum atomic E-state index is -0.559. The van der Waals surface area contributed by atoms with Crippen LogP contribution in [0, 0.1) is 13.8 Å². The highest BCUT2D eigenvalue weighted by Crippen LogP contribution is 2.19. The van der Waals surface area contributed by atoms with Crippen molar-refractivity contribution in [1.29, 1.82) is 0 Å². The number of hydrogen-bond acceptors (Lipinski definition) is 5. The van der Waals surface area contributed by atoms with Gasteiger partial charge in [-0.2, -0.15) is 5.10 Å². The van der Waals surface area contributed by atoms with Crippen LogP contribution < -0.4 is 5.73 Å². The second kappa shape index (κ2) is 7.53. The monoisotopic (exact) mass is 366 g/mol. The molecule has 140 valence electrons. The first-order valence-electron chi connectivity index (χ1n) is 8.65. The molecule has 0 radical (unpaired) electrons. The average molecular weight is 366 g/mol. The number of aryl methyl sites for hydroxylation is 2. The third-order valence-corrected chi connectivity index (χ3v) is 4.63. The van der Waals surface area contributed by atoms with Crippen LogP contribution in [0.4, 0.5) is 0 Å². The van der Waals surface area contributed by atoms with Crippen molar-refractivity contribution in [3.05, 3.63) is 58.8 Å². The molecule has 0 aliphatic carbocycles. The first-order valence-corrected chi connectivity index (χ1v) is 8.65. The van der Waals surface area contributed by atoms with Crippen LogP contribution >= 0.6 is 0 Å². The second-order valence-corrected chi connectivity index (χ2v) is 6.53. The maximum atomic E-state index is 12.5. The average Bonchev–Trinajstić information content (AvgIpc) is 3.06. The summed E-state index contributed by atoms with van der Waals surface area (Å²) in [5.74, 6) is -0.521. The van der Waals surface area contributed by atoms with Crippen molar-refractivity contribution in [3.8, 4) is 0 Å². The van der Waals surface area contributed by atoms with E-state index < -0.39 is 5.91 Å². The highest BCUT2D eigenvalue weighted by atomic mass is 16.2. The number of nitrogens with two attached hydrogens (primary N) is 1. The van der Waals surface area contributed by atoms with E-state index in [9.17, 15) is 9.59 Å². The predicted octanol–water partition coefficient (Wildman–Crippen LogP) is 1.43. The van der Waals surface area contributed by atoms with E-state index in [0.29, 0.717) is 30.6 Å². The Morgan fingerprint density at radius 3 is 2.70 bits per heavy atom. The maximum Gasteiger partial charge on any atom is 0.254 e. The van der Waals surface area contributed by atoms with Gasteiger partial charge in [-0.1, -0.05) is 6.07 Å². The van der Waals surface area contributed by atoms with Crippen molar-refractivity contribution in [1.82, 2.24) is 24.5 Å². The molecule has 3 aromatic heterocycles. The van der Waals surface area contributed by atoms with Gasteiger partial charge in [-0.15, -0.1) is 0 Å². The Bertz CT molecular complexity index is 996. The summed E-state index contributed by atoms with van der Waals surface area (Å²) in [6, 6.07) is 3.79. The van der Waals surface area contributed by atoms with Gasteiger partial charge < -0.3 is 10.6 Å². The van der Waals surface area contributed by atoms with E-state index in [0.717, 1.165) is 22.5 Å². The summed E-state index contributed by atoms with van der Waals surface area (Å²) < 4.78 is 1.60. The molecule has 2 amide bonds. The quantitative estimate of drug-likeness (QED) is 0.710. The molecule has 3 rings (SSSR count). The van der Waals surface area contributed by atoms with Gasteiger partial charge >= 0.3 is 0 Å². The lowest BCUT2D eigenvalue weighted by Crippen LogP contribution is -2.26. The molecule has 0 fully saturated rings. The predicted molar refractivity (Wildman–Crippen MR) is 100 cm³/mol. The summed E-state index contributed by atoms with van der Waals surface area (Å²) >= 11 is 0. The van der Waals surface area contributed by atoms with Crippen LogP contribution in [0.25, 0.3) is 5.65 Å². The summed E-state index contributed by atoms with van der Waals surface area (Å²) in [5, 5.41) is 4.21. The van der Waals surface area contributed by atoms with Gasteiger partial charge in [-0.05, 0) is 37.5 Å². The SMILES string of the molecule is Cc1nc2c(C(N)=O)cnn2c(C)c1CCC(=O)N(C)Cc1cccnc1. The molecule has 0 bridgehead atoms. The summed E-state index contributed by atoms with van der Waals surface area (Å²) in [5.41, 5.74) is 9.67. The number of primary amides is 1. The van der Waals surface area contributed by atoms with Crippen LogP contribution in [-0.4, -0.2) is 43.3 Å². The molecule has 0 saturated carbocycles. The first kappa shape index (κ1) is 18.5. The van der Waals surface area contributed by atoms with Crippen molar-refractivity contribution < 1.29 is 9.59 Å². The zero-order valence-electron chi connectivity index (χ0n) is 15.6. The Morgan fingerprint density at radius 1 is 1.26 bits per heavy atom. The van der Waals surface area contributed by atoms with E-state index in [-0.39, 0.29) is 5.91 Å². The number of aromatic nitrogens is 4. The Hall–Kier alpha value is -3.29. The molecule has 0 aromatic carbocycles. The van der Waals surface area contributed by atoms with Gasteiger partial charge in [0.2, 0.25) is 5.91 Å². The molecular formula is C19H22N6O2. The fraction of sp³-hybridized carbons (Fsp3) is 0.316. The fourth-order valence-electron chi connectivity index (χ4n) is 3.12. The number of rotatable bonds is 6. The highest BCUT2D eigenvalue weighted by Gasteiger charge is 2.18. The lowest BCUT2D eigenvalue weighted by atomic mass is 10.1. The Kier molecular flexibility index (Phi) is 5.16. The Labute approximate surface area is 157 Å². The number of pyridine rings is 1. The van der Waals surface area contributed by atoms with Crippen molar-refractivity contribution >= 4 is 17.5 Å². The minimum absolute atomic E-state index is 0.0380. The van der Waals surface area contributed by atoms with Gasteiger partial charge in [-0.3, -0.25) is 14.6 Å². The molecule has 0 unspecified atom stereocenters. The molecule has 3 aromatic rings. The number of fused-ring (bicyclic) bond motifs is 1. The van der Waals surface area contributed by atoms with Crippen LogP contribution in [0.2, 0.25) is 0 Å². The molecule has 0 aliphatic rings. The van der Waals surface area contributed by atoms with Crippen LogP contribution in [0.1, 0.15) is 39.3 Å². The number of amides is 2. The van der Waals surface area contributed by atoms with Gasteiger partial charge in [-0.25, -0.2) is 9.50 Å². The summed E-state index contributed by atoms with van der Waals surface area (Å²) in [6.45, 7) is 4.28. The van der Waals surface area contributed by atoms with Crippen molar-refractivity contribution in [2.45, 2.75) is 33.2 Å². The van der Waals surface area contributed by atoms with E-state index in [4.69, 9.17) is 5.73 Å². The van der Waals surface area contributed by atoms with Gasteiger partial charge in [0.05, 0.1) is 6.20 Å². The van der Waals surface area contributed by atoms with E-state index in [1.54, 1.807) is 28.9 Å². The maximum absolute atomic E-state index is 12.5. The highest BCUT2D eigenvalue weighted by molar-refractivity contribution is 5.98. The fourth-order valence-corrected chi connectivity index (χ4v) is 3.12. The van der Waals surface area contributed by atoms with Crippen molar-refractivity contribution in [2.24, 2.45) is 5.73 Å². The van der Waals surface area contributed by atoms with Crippen LogP contribution in [0.5, 0.6) is 0 Å². The van der Waals surface area contributed by atoms with Gasteiger partial charge in [0.25, 0.3) is 5.91 Å². The second-order valence-electron chi connectivity index (χ2n) is 6.53. The first-order chi connectivity index (χ1) is 12.9. The number of hydrogen-bond donors (Lipinski definition) is 1. The lowest BCUT2D eigenvalue weighted by molar-refractivity contribution is -0.130. The summed E-state index contributed by atoms with van der Waals surface area (Å²) in [7, 11) is 1.78. The van der Waals surface area contributed by atoms with E-state index in [2.05, 4.69) is 15.1 Å². The van der Waals surface area contributed by atoms with Crippen LogP contribution in [0.3, 0.4) is 0 Å². The number of nitrogens with zero attached hydrogens (tertiary/aromatic N) is 5. The molecule has 27 heavy (non-hydrogen) atoms. The zero-order valence-corrected chi connectivity index (χ0v) is 15.6. The summed E-state index contributed by atoms with van der Waals surface area (Å²) in [4.78, 5) is 34.2. The topological polar surface area (TPSA) is 106 Å². The van der Waals surface area contributed by atoms with Crippen molar-refractivity contribution in [3.63, 3.8) is 0 Å². The minimum Gasteiger partial charge on any atom is -0.365 e. The number of carbonyl (C=O) groups is 2.